The Morgan fingerprint density at radius 3 is 2.02 bits per heavy atom. The number of rotatable bonds is 13. The van der Waals surface area contributed by atoms with Crippen LogP contribution in [0.3, 0.4) is 0 Å². The summed E-state index contributed by atoms with van der Waals surface area (Å²) in [4.78, 5) is 28.8. The van der Waals surface area contributed by atoms with E-state index in [1.165, 1.54) is 48.3 Å². The van der Waals surface area contributed by atoms with Gasteiger partial charge in [0.1, 0.15) is 24.2 Å². The lowest BCUT2D eigenvalue weighted by atomic mass is 10.0. The number of para-hydroxylation sites is 1. The summed E-state index contributed by atoms with van der Waals surface area (Å²) >= 11 is 0. The Balaban J connectivity index is 1.75. The van der Waals surface area contributed by atoms with E-state index in [1.54, 1.807) is 42.5 Å². The quantitative estimate of drug-likeness (QED) is 0.237. The van der Waals surface area contributed by atoms with Gasteiger partial charge >= 0.3 is 0 Å². The number of nitrogens with zero attached hydrogens (tertiary/aromatic N) is 2. The molecule has 0 bridgehead atoms. The molecule has 0 spiro atoms. The highest BCUT2D eigenvalue weighted by Gasteiger charge is 2.34. The van der Waals surface area contributed by atoms with Crippen LogP contribution in [0.2, 0.25) is 0 Å². The molecule has 2 amide bonds. The van der Waals surface area contributed by atoms with Crippen LogP contribution in [0.4, 0.5) is 10.1 Å². The van der Waals surface area contributed by atoms with Gasteiger partial charge in [0.2, 0.25) is 11.8 Å². The third-order valence-electron chi connectivity index (χ3n) is 6.83. The van der Waals surface area contributed by atoms with Gasteiger partial charge in [-0.1, -0.05) is 60.7 Å². The molecule has 1 N–H and O–H groups in total. The van der Waals surface area contributed by atoms with E-state index >= 15 is 0 Å². The average Bonchev–Trinajstić information content (AvgIpc) is 3.03. The number of carbonyl (C=O) groups is 2. The van der Waals surface area contributed by atoms with Gasteiger partial charge in [-0.05, 0) is 66.6 Å². The first-order valence-corrected chi connectivity index (χ1v) is 15.3. The molecule has 0 saturated carbocycles. The number of hydrogen-bond acceptors (Lipinski definition) is 5. The molecule has 0 radical (unpaired) electrons. The van der Waals surface area contributed by atoms with E-state index in [0.29, 0.717) is 17.9 Å². The van der Waals surface area contributed by atoms with Crippen LogP contribution in [0.15, 0.2) is 114 Å². The van der Waals surface area contributed by atoms with Gasteiger partial charge in [-0.25, -0.2) is 12.8 Å². The number of nitrogens with one attached hydrogen (secondary N) is 1. The van der Waals surface area contributed by atoms with Gasteiger partial charge in [-0.2, -0.15) is 0 Å². The van der Waals surface area contributed by atoms with Crippen LogP contribution in [0.5, 0.6) is 5.75 Å². The van der Waals surface area contributed by atoms with E-state index < -0.39 is 40.2 Å². The van der Waals surface area contributed by atoms with Gasteiger partial charge in [0.15, 0.2) is 0 Å². The molecule has 0 aromatic heterocycles. The van der Waals surface area contributed by atoms with Crippen LogP contribution >= 0.6 is 0 Å². The molecule has 224 valence electrons. The van der Waals surface area contributed by atoms with Crippen LogP contribution in [-0.2, 0) is 32.6 Å². The molecular formula is C33H34FN3O5S. The Morgan fingerprint density at radius 2 is 1.44 bits per heavy atom. The number of anilines is 1. The van der Waals surface area contributed by atoms with Gasteiger partial charge in [-0.3, -0.25) is 13.9 Å². The van der Waals surface area contributed by atoms with Gasteiger partial charge in [0.25, 0.3) is 10.0 Å². The number of hydrogen-bond donors (Lipinski definition) is 1. The molecule has 43 heavy (non-hydrogen) atoms. The van der Waals surface area contributed by atoms with Crippen LogP contribution < -0.4 is 14.4 Å². The Labute approximate surface area is 251 Å². The zero-order valence-electron chi connectivity index (χ0n) is 24.0. The maximum Gasteiger partial charge on any atom is 0.264 e. The Bertz CT molecular complexity index is 1600. The highest BCUT2D eigenvalue weighted by Crippen LogP contribution is 2.26. The second kappa shape index (κ2) is 14.5. The van der Waals surface area contributed by atoms with Crippen LogP contribution in [0.25, 0.3) is 0 Å². The molecule has 0 aliphatic rings. The molecule has 1 unspecified atom stereocenters. The third kappa shape index (κ3) is 7.98. The van der Waals surface area contributed by atoms with E-state index in [9.17, 15) is 22.4 Å². The largest absolute Gasteiger partial charge is 0.494 e. The Kier molecular flexibility index (Phi) is 10.5. The number of halogens is 1. The van der Waals surface area contributed by atoms with Crippen molar-refractivity contribution in [2.75, 3.05) is 24.5 Å². The summed E-state index contributed by atoms with van der Waals surface area (Å²) in [5.74, 6) is -0.943. The van der Waals surface area contributed by atoms with Crippen molar-refractivity contribution < 1.29 is 27.1 Å². The maximum atomic E-state index is 14.2. The molecule has 1 atom stereocenters. The summed E-state index contributed by atoms with van der Waals surface area (Å²) in [6, 6.07) is 28.1. The van der Waals surface area contributed by atoms with Gasteiger partial charge in [-0.15, -0.1) is 0 Å². The number of carbonyl (C=O) groups excluding carboxylic acids is 2. The first-order valence-electron chi connectivity index (χ1n) is 13.8. The molecule has 10 heteroatoms. The standard InChI is InChI=1S/C33H34FN3O5S/c1-3-42-29-18-20-30(21-19-29)43(40,41)37(28-12-8-5-9-13-28)24-32(38)36(23-26-14-16-27(34)17-15-26)31(33(39)35-2)22-25-10-6-4-7-11-25/h4-21,31H,3,22-24H2,1-2H3,(H,35,39). The van der Waals surface area contributed by atoms with Crippen molar-refractivity contribution in [3.8, 4) is 5.75 Å². The summed E-state index contributed by atoms with van der Waals surface area (Å²) in [5.41, 5.74) is 1.68. The monoisotopic (exact) mass is 603 g/mol. The topological polar surface area (TPSA) is 96.0 Å². The fourth-order valence-corrected chi connectivity index (χ4v) is 6.05. The second-order valence-electron chi connectivity index (χ2n) is 9.72. The zero-order valence-corrected chi connectivity index (χ0v) is 24.8. The minimum Gasteiger partial charge on any atom is -0.494 e. The minimum atomic E-state index is -4.22. The lowest BCUT2D eigenvalue weighted by molar-refractivity contribution is -0.139. The van der Waals surface area contributed by atoms with Crippen molar-refractivity contribution in [3.63, 3.8) is 0 Å². The summed E-state index contributed by atoms with van der Waals surface area (Å²) in [6.45, 7) is 1.63. The van der Waals surface area contributed by atoms with Crippen LogP contribution in [-0.4, -0.2) is 51.4 Å². The number of likely N-dealkylation sites (N-methyl/N-ethyl adjacent to an activating group) is 1. The van der Waals surface area contributed by atoms with Crippen molar-refractivity contribution in [2.45, 2.75) is 30.8 Å². The van der Waals surface area contributed by atoms with Crippen molar-refractivity contribution in [1.82, 2.24) is 10.2 Å². The van der Waals surface area contributed by atoms with E-state index in [4.69, 9.17) is 4.74 Å². The molecule has 4 rings (SSSR count). The minimum absolute atomic E-state index is 0.0233. The summed E-state index contributed by atoms with van der Waals surface area (Å²) in [5, 5.41) is 2.64. The van der Waals surface area contributed by atoms with Crippen molar-refractivity contribution in [3.05, 3.63) is 126 Å². The predicted octanol–water partition coefficient (Wildman–Crippen LogP) is 4.81. The van der Waals surface area contributed by atoms with Crippen LogP contribution in [0.1, 0.15) is 18.1 Å². The first kappa shape index (κ1) is 31.2. The third-order valence-corrected chi connectivity index (χ3v) is 8.62. The predicted molar refractivity (Wildman–Crippen MR) is 164 cm³/mol. The fourth-order valence-electron chi connectivity index (χ4n) is 4.63. The summed E-state index contributed by atoms with van der Waals surface area (Å²) in [6.07, 6.45) is 0.185. The summed E-state index contributed by atoms with van der Waals surface area (Å²) in [7, 11) is -2.74. The second-order valence-corrected chi connectivity index (χ2v) is 11.6. The smallest absolute Gasteiger partial charge is 0.264 e. The van der Waals surface area contributed by atoms with E-state index in [2.05, 4.69) is 5.32 Å². The maximum absolute atomic E-state index is 14.2. The molecule has 0 aliphatic heterocycles. The van der Waals surface area contributed by atoms with Gasteiger partial charge in [0.05, 0.1) is 17.2 Å². The van der Waals surface area contributed by atoms with Gasteiger partial charge in [0, 0.05) is 20.0 Å². The Morgan fingerprint density at radius 1 is 0.837 bits per heavy atom. The number of amides is 2. The van der Waals surface area contributed by atoms with Crippen molar-refractivity contribution in [1.29, 1.82) is 0 Å². The molecule has 0 aliphatic carbocycles. The average molecular weight is 604 g/mol. The molecule has 4 aromatic carbocycles. The van der Waals surface area contributed by atoms with Crippen molar-refractivity contribution in [2.24, 2.45) is 0 Å². The lowest BCUT2D eigenvalue weighted by Crippen LogP contribution is -2.53. The normalized spacial score (nSPS) is 11.8. The molecule has 8 nitrogen and oxygen atoms in total. The number of benzene rings is 4. The number of sulfonamides is 1. The SMILES string of the molecule is CCOc1ccc(S(=O)(=O)N(CC(=O)N(Cc2ccc(F)cc2)C(Cc2ccccc2)C(=O)NC)c2ccccc2)cc1. The molecule has 0 saturated heterocycles. The first-order chi connectivity index (χ1) is 20.7. The molecular weight excluding hydrogens is 569 g/mol. The van der Waals surface area contributed by atoms with E-state index in [-0.39, 0.29) is 23.5 Å². The van der Waals surface area contributed by atoms with E-state index in [0.717, 1.165) is 9.87 Å². The van der Waals surface area contributed by atoms with Crippen molar-refractivity contribution >= 4 is 27.5 Å². The molecule has 0 fully saturated rings. The number of ether oxygens (including phenoxy) is 1. The fraction of sp³-hybridized carbons (Fsp3) is 0.212. The highest BCUT2D eigenvalue weighted by atomic mass is 32.2. The summed E-state index contributed by atoms with van der Waals surface area (Å²) < 4.78 is 48.2. The highest BCUT2D eigenvalue weighted by molar-refractivity contribution is 7.92. The Hall–Kier alpha value is -4.70. The lowest BCUT2D eigenvalue weighted by Gasteiger charge is -2.33. The zero-order chi connectivity index (χ0) is 30.8. The van der Waals surface area contributed by atoms with Gasteiger partial charge < -0.3 is 15.0 Å². The van der Waals surface area contributed by atoms with Crippen LogP contribution in [0, 0.1) is 5.82 Å². The molecule has 4 aromatic rings. The molecule has 0 heterocycles. The van der Waals surface area contributed by atoms with E-state index in [1.807, 2.05) is 37.3 Å².